The average Bonchev–Trinajstić information content (AvgIpc) is 1.90. The Morgan fingerprint density at radius 2 is 1.21 bits per heavy atom. The average molecular weight is 339 g/mol. The monoisotopic (exact) mass is 336 g/mol. The van der Waals surface area contributed by atoms with Crippen LogP contribution in [-0.2, 0) is 12.7 Å². The summed E-state index contributed by atoms with van der Waals surface area (Å²) in [6, 6.07) is 0. The molecule has 0 aromatic carbocycles. The molecule has 0 radical (unpaired) electrons. The van der Waals surface area contributed by atoms with Crippen LogP contribution in [0.4, 0.5) is 0 Å². The first-order valence-electron chi connectivity index (χ1n) is 2.85. The normalized spacial score (nSPS) is 7.57. The van der Waals surface area contributed by atoms with E-state index in [0.717, 1.165) is 13.1 Å². The van der Waals surface area contributed by atoms with E-state index in [1.54, 1.807) is 0 Å². The maximum Gasteiger partial charge on any atom is -0.870 e. The summed E-state index contributed by atoms with van der Waals surface area (Å²) in [6.07, 6.45) is 0. The molecule has 14 heavy (non-hydrogen) atoms. The molecule has 0 aromatic heterocycles. The first kappa shape index (κ1) is 29.6. The van der Waals surface area contributed by atoms with Gasteiger partial charge in [0.1, 0.15) is 0 Å². The summed E-state index contributed by atoms with van der Waals surface area (Å²) in [5.41, 5.74) is 0. The molecular formula is C5H16Cl4NNiO3. The molecule has 0 unspecified atom stereocenters. The quantitative estimate of drug-likeness (QED) is 0.563. The minimum atomic E-state index is 0. The zero-order valence-corrected chi connectivity index (χ0v) is 11.6. The van der Waals surface area contributed by atoms with Crippen molar-refractivity contribution in [3.63, 3.8) is 0 Å². The van der Waals surface area contributed by atoms with Gasteiger partial charge in [-0.3, -0.25) is 0 Å². The smallest absolute Gasteiger partial charge is 0.870 e. The van der Waals surface area contributed by atoms with Crippen molar-refractivity contribution >= 4 is 43.6 Å². The Hall–Kier alpha value is 1.49. The molecule has 0 bridgehead atoms. The zero-order chi connectivity index (χ0) is 9.11. The van der Waals surface area contributed by atoms with Gasteiger partial charge >= 0.3 is 33.0 Å². The van der Waals surface area contributed by atoms with Crippen LogP contribution in [0, 0.1) is 0 Å². The second kappa shape index (κ2) is 29.3. The fourth-order valence-corrected chi connectivity index (χ4v) is 0.977. The summed E-state index contributed by atoms with van der Waals surface area (Å²) >= 11 is 11.5. The number of rotatable bonds is 4. The minimum Gasteiger partial charge on any atom is -0.870 e. The molecule has 0 saturated carbocycles. The summed E-state index contributed by atoms with van der Waals surface area (Å²) in [5, 5.41) is 0. The van der Waals surface area contributed by atoms with Gasteiger partial charge in [-0.1, -0.05) is 0 Å². The standard InChI is InChI=1S/C5H11Cl2N.2ClH.Ni.3H2O/c1-8(4-2-6)5-3-7;;;;;;/h2-5H2,1H3;2*1H;;3*1H2/q;;;+3;;;/p-3. The number of hydrogen-bond acceptors (Lipinski definition) is 2. The Morgan fingerprint density at radius 3 is 1.36 bits per heavy atom. The Morgan fingerprint density at radius 1 is 1.00 bits per heavy atom. The van der Waals surface area contributed by atoms with Crippen molar-refractivity contribution in [3.8, 4) is 0 Å². The van der Waals surface area contributed by atoms with Gasteiger partial charge in [-0.15, -0.1) is 23.2 Å². The Balaban J connectivity index is -0.0000000405. The third-order valence-corrected chi connectivity index (χ3v) is 1.27. The van der Waals surface area contributed by atoms with Crippen LogP contribution in [-0.4, -0.2) is 53.2 Å². The molecule has 9 heteroatoms. The third-order valence-electron chi connectivity index (χ3n) is 0.932. The minimum absolute atomic E-state index is 0. The number of alkyl halides is 2. The van der Waals surface area contributed by atoms with Crippen molar-refractivity contribution < 1.29 is 29.1 Å². The van der Waals surface area contributed by atoms with Crippen LogP contribution in [0.3, 0.4) is 0 Å². The van der Waals surface area contributed by atoms with E-state index in [4.69, 9.17) is 43.6 Å². The molecule has 0 spiro atoms. The van der Waals surface area contributed by atoms with Crippen molar-refractivity contribution in [2.45, 2.75) is 0 Å². The molecular weight excluding hydrogens is 323 g/mol. The summed E-state index contributed by atoms with van der Waals surface area (Å²) in [4.78, 5) is 2.10. The molecule has 97 valence electrons. The summed E-state index contributed by atoms with van der Waals surface area (Å²) in [5.74, 6) is 1.38. The van der Waals surface area contributed by atoms with Gasteiger partial charge < -0.3 is 21.3 Å². The van der Waals surface area contributed by atoms with E-state index in [9.17, 15) is 0 Å². The van der Waals surface area contributed by atoms with E-state index >= 15 is 0 Å². The maximum absolute atomic E-state index is 5.45. The molecule has 5 N–H and O–H groups in total. The molecule has 4 nitrogen and oxygen atoms in total. The largest absolute Gasteiger partial charge is 0.870 e. The molecule has 0 saturated heterocycles. The fourth-order valence-electron chi connectivity index (χ4n) is 0.400. The van der Waals surface area contributed by atoms with E-state index < -0.39 is 0 Å². The molecule has 0 fully saturated rings. The fraction of sp³-hybridized carbons (Fsp3) is 1.00. The van der Waals surface area contributed by atoms with E-state index in [1.165, 1.54) is 0 Å². The van der Waals surface area contributed by atoms with Crippen LogP contribution in [0.15, 0.2) is 0 Å². The van der Waals surface area contributed by atoms with Crippen LogP contribution in [0.1, 0.15) is 0 Å². The van der Waals surface area contributed by atoms with E-state index in [2.05, 4.69) is 4.90 Å². The first-order chi connectivity index (χ1) is 5.22. The first-order valence-corrected chi connectivity index (χ1v) is 6.64. The zero-order valence-electron chi connectivity index (χ0n) is 7.55. The van der Waals surface area contributed by atoms with Crippen molar-refractivity contribution in [1.82, 2.24) is 4.90 Å². The van der Waals surface area contributed by atoms with E-state index in [-0.39, 0.29) is 16.4 Å². The molecule has 0 aliphatic rings. The topological polar surface area (TPSA) is 96.2 Å². The summed E-state index contributed by atoms with van der Waals surface area (Å²) in [6.45, 7) is 1.85. The Kier molecular flexibility index (Phi) is 61.8. The molecule has 0 aliphatic carbocycles. The summed E-state index contributed by atoms with van der Waals surface area (Å²) in [7, 11) is 11.4. The molecule has 0 aliphatic heterocycles. The van der Waals surface area contributed by atoms with Gasteiger partial charge in [0.25, 0.3) is 0 Å². The van der Waals surface area contributed by atoms with Crippen LogP contribution in [0.2, 0.25) is 0 Å². The van der Waals surface area contributed by atoms with Crippen molar-refractivity contribution in [3.05, 3.63) is 0 Å². The van der Waals surface area contributed by atoms with Gasteiger partial charge in [0.2, 0.25) is 0 Å². The third kappa shape index (κ3) is 37.5. The van der Waals surface area contributed by atoms with Gasteiger partial charge in [0, 0.05) is 24.8 Å². The molecule has 0 amide bonds. The predicted octanol–water partition coefficient (Wildman–Crippen LogP) is 0.946. The van der Waals surface area contributed by atoms with Gasteiger partial charge in [-0.05, 0) is 7.05 Å². The van der Waals surface area contributed by atoms with Gasteiger partial charge in [-0.25, -0.2) is 0 Å². The number of halogens is 4. The number of hydrogen-bond donors (Lipinski definition) is 0. The van der Waals surface area contributed by atoms with Crippen LogP contribution in [0.5, 0.6) is 0 Å². The second-order valence-electron chi connectivity index (χ2n) is 1.73. The molecule has 0 aromatic rings. The van der Waals surface area contributed by atoms with E-state index in [1.807, 2.05) is 7.05 Å². The van der Waals surface area contributed by atoms with Gasteiger partial charge in [-0.2, -0.15) is 0 Å². The molecule has 0 heterocycles. The maximum atomic E-state index is 5.45. The van der Waals surface area contributed by atoms with Crippen molar-refractivity contribution in [2.24, 2.45) is 0 Å². The molecule has 0 rings (SSSR count). The van der Waals surface area contributed by atoms with Crippen LogP contribution >= 0.6 is 43.6 Å². The van der Waals surface area contributed by atoms with Crippen molar-refractivity contribution in [2.75, 3.05) is 31.9 Å². The van der Waals surface area contributed by atoms with E-state index in [0.29, 0.717) is 24.4 Å². The molecule has 0 atom stereocenters. The predicted molar refractivity (Wildman–Crippen MR) is 59.8 cm³/mol. The summed E-state index contributed by atoms with van der Waals surface area (Å²) < 4.78 is 0. The van der Waals surface area contributed by atoms with Gasteiger partial charge in [0.05, 0.1) is 0 Å². The number of nitrogens with zero attached hydrogens (tertiary/aromatic N) is 1. The second-order valence-corrected chi connectivity index (χ2v) is 4.11. The van der Waals surface area contributed by atoms with Gasteiger partial charge in [0.15, 0.2) is 0 Å². The van der Waals surface area contributed by atoms with Crippen molar-refractivity contribution in [1.29, 1.82) is 0 Å². The van der Waals surface area contributed by atoms with Crippen LogP contribution in [0.25, 0.3) is 0 Å². The Bertz CT molecular complexity index is 70.9. The van der Waals surface area contributed by atoms with Crippen LogP contribution < -0.4 is 0 Å². The Labute approximate surface area is 109 Å². The SMILES string of the molecule is CN(CCCl)CCCl.O.O.[Cl][Ni+][Cl].[OH-].